The van der Waals surface area contributed by atoms with Crippen molar-refractivity contribution in [3.8, 4) is 16.9 Å². The minimum Gasteiger partial charge on any atom is -0.340 e. The van der Waals surface area contributed by atoms with Crippen LogP contribution >= 0.6 is 0 Å². The standard InChI is InChI=1S/C26H24F3N5O2/c1-17-14-23(35)24(32-34(17)21-12-6-10-19(15-21)26(27,28)29)25(36)33(2)13-7-11-20-16-22(31-30-20)18-8-4-3-5-9-18/h3-6,8-10,12,14-16H,7,11,13H2,1-2H3,(H,30,31). The van der Waals surface area contributed by atoms with Crippen LogP contribution in [0.4, 0.5) is 13.2 Å². The number of nitrogens with one attached hydrogen (secondary N) is 1. The number of hydrogen-bond donors (Lipinski definition) is 1. The molecule has 0 saturated heterocycles. The van der Waals surface area contributed by atoms with Gasteiger partial charge in [-0.25, -0.2) is 4.68 Å². The number of rotatable bonds is 7. The van der Waals surface area contributed by atoms with E-state index in [0.717, 1.165) is 29.1 Å². The van der Waals surface area contributed by atoms with E-state index in [-0.39, 0.29) is 11.4 Å². The quantitative estimate of drug-likeness (QED) is 0.404. The molecule has 0 bridgehead atoms. The van der Waals surface area contributed by atoms with E-state index in [0.29, 0.717) is 25.1 Å². The van der Waals surface area contributed by atoms with Crippen LogP contribution in [-0.2, 0) is 12.6 Å². The Labute approximate surface area is 205 Å². The highest BCUT2D eigenvalue weighted by Crippen LogP contribution is 2.30. The van der Waals surface area contributed by atoms with Gasteiger partial charge in [0.1, 0.15) is 0 Å². The zero-order valence-electron chi connectivity index (χ0n) is 19.7. The van der Waals surface area contributed by atoms with Crippen molar-refractivity contribution in [2.75, 3.05) is 13.6 Å². The molecule has 0 spiro atoms. The molecule has 2 heterocycles. The minimum absolute atomic E-state index is 0.104. The van der Waals surface area contributed by atoms with Crippen molar-refractivity contribution in [1.82, 2.24) is 24.9 Å². The summed E-state index contributed by atoms with van der Waals surface area (Å²) in [7, 11) is 1.56. The SMILES string of the molecule is Cc1cc(=O)c(C(=O)N(C)CCCc2cc(-c3ccccc3)n[nH]2)nn1-c1cccc(C(F)(F)F)c1. The second kappa shape index (κ2) is 10.2. The number of halogens is 3. The van der Waals surface area contributed by atoms with E-state index < -0.39 is 23.1 Å². The van der Waals surface area contributed by atoms with Crippen LogP contribution in [-0.4, -0.2) is 44.4 Å². The first-order valence-corrected chi connectivity index (χ1v) is 11.3. The summed E-state index contributed by atoms with van der Waals surface area (Å²) in [6.07, 6.45) is -3.29. The van der Waals surface area contributed by atoms with Crippen molar-refractivity contribution in [3.05, 3.63) is 99.6 Å². The van der Waals surface area contributed by atoms with Crippen LogP contribution in [0.25, 0.3) is 16.9 Å². The van der Waals surface area contributed by atoms with Crippen LogP contribution in [0.15, 0.2) is 71.5 Å². The first kappa shape index (κ1) is 24.9. The highest BCUT2D eigenvalue weighted by molar-refractivity contribution is 5.91. The number of benzene rings is 2. The minimum atomic E-state index is -4.53. The molecule has 0 aliphatic rings. The first-order valence-electron chi connectivity index (χ1n) is 11.3. The van der Waals surface area contributed by atoms with Gasteiger partial charge in [-0.1, -0.05) is 36.4 Å². The Morgan fingerprint density at radius 1 is 1.06 bits per heavy atom. The molecule has 0 fully saturated rings. The molecule has 0 aliphatic carbocycles. The molecule has 36 heavy (non-hydrogen) atoms. The fourth-order valence-electron chi connectivity index (χ4n) is 3.81. The molecule has 0 saturated carbocycles. The molecule has 4 aromatic rings. The number of H-pyrrole nitrogens is 1. The molecule has 2 aromatic heterocycles. The molecule has 2 aromatic carbocycles. The average molecular weight is 496 g/mol. The van der Waals surface area contributed by atoms with Crippen LogP contribution in [0.1, 0.15) is 33.9 Å². The summed E-state index contributed by atoms with van der Waals surface area (Å²) in [6.45, 7) is 1.89. The van der Waals surface area contributed by atoms with Gasteiger partial charge in [-0.05, 0) is 44.0 Å². The molecule has 0 unspecified atom stereocenters. The third-order valence-corrected chi connectivity index (χ3v) is 5.71. The predicted octanol–water partition coefficient (Wildman–Crippen LogP) is 4.65. The zero-order valence-corrected chi connectivity index (χ0v) is 19.7. The normalized spacial score (nSPS) is 11.5. The van der Waals surface area contributed by atoms with E-state index in [1.165, 1.54) is 27.8 Å². The number of amides is 1. The van der Waals surface area contributed by atoms with Crippen molar-refractivity contribution in [3.63, 3.8) is 0 Å². The summed E-state index contributed by atoms with van der Waals surface area (Å²) in [5.74, 6) is -0.602. The molecule has 186 valence electrons. The van der Waals surface area contributed by atoms with E-state index in [4.69, 9.17) is 0 Å². The molecule has 7 nitrogen and oxygen atoms in total. The van der Waals surface area contributed by atoms with Gasteiger partial charge in [0.25, 0.3) is 5.91 Å². The number of alkyl halides is 3. The zero-order chi connectivity index (χ0) is 25.9. The summed E-state index contributed by atoms with van der Waals surface area (Å²) in [6, 6.07) is 17.4. The highest BCUT2D eigenvalue weighted by atomic mass is 19.4. The summed E-state index contributed by atoms with van der Waals surface area (Å²) in [5.41, 5.74) is 1.36. The molecule has 1 N–H and O–H groups in total. The largest absolute Gasteiger partial charge is 0.416 e. The van der Waals surface area contributed by atoms with Crippen LogP contribution in [0.5, 0.6) is 0 Å². The monoisotopic (exact) mass is 495 g/mol. The van der Waals surface area contributed by atoms with Gasteiger partial charge in [-0.15, -0.1) is 0 Å². The Bertz CT molecular complexity index is 1430. The van der Waals surface area contributed by atoms with E-state index in [2.05, 4.69) is 15.3 Å². The maximum atomic E-state index is 13.1. The van der Waals surface area contributed by atoms with Gasteiger partial charge in [-0.2, -0.15) is 23.4 Å². The number of carbonyl (C=O) groups excluding carboxylic acids is 1. The van der Waals surface area contributed by atoms with Gasteiger partial charge in [0, 0.05) is 36.6 Å². The lowest BCUT2D eigenvalue weighted by Gasteiger charge is -2.18. The Morgan fingerprint density at radius 2 is 1.81 bits per heavy atom. The first-order chi connectivity index (χ1) is 17.1. The third-order valence-electron chi connectivity index (χ3n) is 5.71. The number of nitrogens with zero attached hydrogens (tertiary/aromatic N) is 4. The Kier molecular flexibility index (Phi) is 7.05. The van der Waals surface area contributed by atoms with E-state index in [1.807, 2.05) is 36.4 Å². The van der Waals surface area contributed by atoms with Crippen molar-refractivity contribution in [2.24, 2.45) is 0 Å². The van der Waals surface area contributed by atoms with Crippen LogP contribution in [0.3, 0.4) is 0 Å². The lowest BCUT2D eigenvalue weighted by atomic mass is 10.1. The van der Waals surface area contributed by atoms with Gasteiger partial charge in [0.15, 0.2) is 5.69 Å². The van der Waals surface area contributed by atoms with Crippen LogP contribution < -0.4 is 5.43 Å². The molecule has 0 atom stereocenters. The lowest BCUT2D eigenvalue weighted by Crippen LogP contribution is -2.34. The fourth-order valence-corrected chi connectivity index (χ4v) is 3.81. The second-order valence-corrected chi connectivity index (χ2v) is 8.43. The van der Waals surface area contributed by atoms with Gasteiger partial charge < -0.3 is 4.90 Å². The number of carbonyl (C=O) groups is 1. The summed E-state index contributed by atoms with van der Waals surface area (Å²) < 4.78 is 40.6. The summed E-state index contributed by atoms with van der Waals surface area (Å²) in [5, 5.41) is 11.4. The van der Waals surface area contributed by atoms with E-state index in [9.17, 15) is 22.8 Å². The molecule has 0 aliphatic heterocycles. The van der Waals surface area contributed by atoms with E-state index in [1.54, 1.807) is 14.0 Å². The number of aromatic amines is 1. The molecule has 1 amide bonds. The third kappa shape index (κ3) is 5.54. The predicted molar refractivity (Wildman–Crippen MR) is 129 cm³/mol. The number of hydrogen-bond acceptors (Lipinski definition) is 4. The van der Waals surface area contributed by atoms with Gasteiger partial charge in [-0.3, -0.25) is 14.7 Å². The van der Waals surface area contributed by atoms with E-state index >= 15 is 0 Å². The van der Waals surface area contributed by atoms with Crippen molar-refractivity contribution in [1.29, 1.82) is 0 Å². The number of aromatic nitrogens is 4. The molecule has 4 rings (SSSR count). The lowest BCUT2D eigenvalue weighted by molar-refractivity contribution is -0.137. The fraction of sp³-hybridized carbons (Fsp3) is 0.231. The molecule has 0 radical (unpaired) electrons. The molecular weight excluding hydrogens is 471 g/mol. The highest BCUT2D eigenvalue weighted by Gasteiger charge is 2.30. The maximum absolute atomic E-state index is 13.1. The summed E-state index contributed by atoms with van der Waals surface area (Å²) >= 11 is 0. The van der Waals surface area contributed by atoms with Gasteiger partial charge >= 0.3 is 6.18 Å². The Balaban J connectivity index is 1.46. The number of aryl methyl sites for hydroxylation is 2. The second-order valence-electron chi connectivity index (χ2n) is 8.43. The Hall–Kier alpha value is -4.21. The van der Waals surface area contributed by atoms with Gasteiger partial charge in [0.05, 0.1) is 16.9 Å². The maximum Gasteiger partial charge on any atom is 0.416 e. The van der Waals surface area contributed by atoms with Crippen LogP contribution in [0.2, 0.25) is 0 Å². The summed E-state index contributed by atoms with van der Waals surface area (Å²) in [4.78, 5) is 26.9. The van der Waals surface area contributed by atoms with Crippen molar-refractivity contribution in [2.45, 2.75) is 25.9 Å². The molecular formula is C26H24F3N5O2. The topological polar surface area (TPSA) is 83.9 Å². The van der Waals surface area contributed by atoms with Crippen molar-refractivity contribution >= 4 is 5.91 Å². The Morgan fingerprint density at radius 3 is 2.53 bits per heavy atom. The van der Waals surface area contributed by atoms with Crippen molar-refractivity contribution < 1.29 is 18.0 Å². The average Bonchev–Trinajstić information content (AvgIpc) is 3.33. The smallest absolute Gasteiger partial charge is 0.340 e. The molecule has 10 heteroatoms. The van der Waals surface area contributed by atoms with Crippen LogP contribution in [0, 0.1) is 6.92 Å². The van der Waals surface area contributed by atoms with Gasteiger partial charge in [0.2, 0.25) is 5.43 Å².